The summed E-state index contributed by atoms with van der Waals surface area (Å²) in [5.74, 6) is 0.780. The summed E-state index contributed by atoms with van der Waals surface area (Å²) in [7, 11) is 1.63. The molecule has 0 bridgehead atoms. The van der Waals surface area contributed by atoms with Crippen molar-refractivity contribution in [2.75, 3.05) is 12.9 Å². The number of aromatic amines is 2. The predicted molar refractivity (Wildman–Crippen MR) is 88.4 cm³/mol. The van der Waals surface area contributed by atoms with Crippen LogP contribution in [0.25, 0.3) is 11.0 Å². The predicted octanol–water partition coefficient (Wildman–Crippen LogP) is 2.83. The van der Waals surface area contributed by atoms with Crippen LogP contribution in [0.2, 0.25) is 0 Å². The van der Waals surface area contributed by atoms with Gasteiger partial charge in [-0.2, -0.15) is 0 Å². The van der Waals surface area contributed by atoms with Gasteiger partial charge in [0.15, 0.2) is 11.0 Å². The molecule has 0 aliphatic rings. The summed E-state index contributed by atoms with van der Waals surface area (Å²) in [6.45, 7) is 0.299. The van der Waals surface area contributed by atoms with Crippen LogP contribution in [-0.2, 0) is 16.1 Å². The number of methoxy groups -OCH3 is 1. The Morgan fingerprint density at radius 1 is 1.22 bits per heavy atom. The normalized spacial score (nSPS) is 10.7. The lowest BCUT2D eigenvalue weighted by Gasteiger charge is -2.02. The van der Waals surface area contributed by atoms with Gasteiger partial charge >= 0.3 is 11.1 Å². The zero-order chi connectivity index (χ0) is 16.1. The van der Waals surface area contributed by atoms with Crippen molar-refractivity contribution in [2.24, 2.45) is 0 Å². The minimum absolute atomic E-state index is 0.243. The van der Waals surface area contributed by atoms with E-state index in [2.05, 4.69) is 9.97 Å². The Bertz CT molecular complexity index is 802. The Balaban J connectivity index is 1.54. The summed E-state index contributed by atoms with van der Waals surface area (Å²) in [5.41, 5.74) is 2.88. The Kier molecular flexibility index (Phi) is 4.83. The molecule has 1 heterocycles. The number of thioether (sulfide) groups is 1. The van der Waals surface area contributed by atoms with Crippen LogP contribution >= 0.6 is 11.8 Å². The molecule has 118 valence electrons. The first kappa shape index (κ1) is 15.4. The summed E-state index contributed by atoms with van der Waals surface area (Å²) in [4.78, 5) is 18.3. The van der Waals surface area contributed by atoms with Gasteiger partial charge in [-0.3, -0.25) is 4.79 Å². The number of imidazole rings is 1. The van der Waals surface area contributed by atoms with Gasteiger partial charge in [-0.05, 0) is 29.5 Å². The Morgan fingerprint density at radius 2 is 2.04 bits per heavy atom. The van der Waals surface area contributed by atoms with E-state index in [0.717, 1.165) is 27.5 Å². The highest BCUT2D eigenvalue weighted by molar-refractivity contribution is 7.99. The van der Waals surface area contributed by atoms with E-state index in [-0.39, 0.29) is 11.7 Å². The summed E-state index contributed by atoms with van der Waals surface area (Å²) >= 11 is 1.38. The molecule has 23 heavy (non-hydrogen) atoms. The molecule has 0 spiro atoms. The molecular weight excluding hydrogens is 312 g/mol. The fourth-order valence-electron chi connectivity index (χ4n) is 2.12. The number of rotatable bonds is 6. The minimum atomic E-state index is -0.247. The molecule has 0 unspecified atom stereocenters. The molecule has 3 rings (SSSR count). The van der Waals surface area contributed by atoms with Gasteiger partial charge in [-0.15, -0.1) is 0 Å². The number of fused-ring (bicyclic) bond motifs is 1. The third kappa shape index (κ3) is 4.04. The van der Waals surface area contributed by atoms with Crippen molar-refractivity contribution in [1.29, 1.82) is 0 Å². The standard InChI is InChI=1S/C17H16N2O3S/c1-21-13-7-8-14-15(9-13)19-17(18-14)23-11-16(20)22-10-12-5-3-2-4-6-12/h2-9H,10-11H2,1H3,(H,18,19)/p+1. The van der Waals surface area contributed by atoms with Crippen molar-refractivity contribution in [3.8, 4) is 5.75 Å². The Hall–Kier alpha value is -2.47. The highest BCUT2D eigenvalue weighted by Gasteiger charge is 2.14. The number of esters is 1. The molecule has 0 amide bonds. The zero-order valence-electron chi connectivity index (χ0n) is 12.7. The van der Waals surface area contributed by atoms with E-state index in [1.807, 2.05) is 48.5 Å². The van der Waals surface area contributed by atoms with Crippen LogP contribution in [0, 0.1) is 0 Å². The molecule has 0 saturated heterocycles. The number of nitrogens with one attached hydrogen (secondary N) is 2. The number of H-pyrrole nitrogens is 2. The number of hydrogen-bond donors (Lipinski definition) is 1. The Morgan fingerprint density at radius 3 is 2.83 bits per heavy atom. The number of carbonyl (C=O) groups is 1. The number of carbonyl (C=O) groups excluding carboxylic acids is 1. The fourth-order valence-corrected chi connectivity index (χ4v) is 2.83. The largest absolute Gasteiger partial charge is 0.497 e. The van der Waals surface area contributed by atoms with Gasteiger partial charge in [0.2, 0.25) is 0 Å². The number of benzene rings is 2. The number of hydrogen-bond acceptors (Lipinski definition) is 4. The van der Waals surface area contributed by atoms with Crippen molar-refractivity contribution in [2.45, 2.75) is 11.8 Å². The first-order chi connectivity index (χ1) is 11.2. The van der Waals surface area contributed by atoms with Crippen molar-refractivity contribution in [3.05, 3.63) is 54.1 Å². The van der Waals surface area contributed by atoms with Gasteiger partial charge < -0.3 is 9.47 Å². The van der Waals surface area contributed by atoms with Crippen LogP contribution in [0.1, 0.15) is 5.56 Å². The second-order valence-electron chi connectivity index (χ2n) is 4.93. The second-order valence-corrected chi connectivity index (χ2v) is 5.91. The van der Waals surface area contributed by atoms with Crippen LogP contribution < -0.4 is 9.72 Å². The maximum Gasteiger partial charge on any atom is 0.316 e. The van der Waals surface area contributed by atoms with Gasteiger partial charge in [0.05, 0.1) is 7.11 Å². The lowest BCUT2D eigenvalue weighted by Crippen LogP contribution is -2.09. The average Bonchev–Trinajstić information content (AvgIpc) is 3.01. The molecule has 0 aliphatic carbocycles. The maximum atomic E-state index is 11.8. The molecule has 1 aromatic heterocycles. The van der Waals surface area contributed by atoms with Crippen LogP contribution in [0.5, 0.6) is 5.75 Å². The zero-order valence-corrected chi connectivity index (χ0v) is 13.5. The van der Waals surface area contributed by atoms with Gasteiger partial charge in [0.25, 0.3) is 0 Å². The number of aromatic nitrogens is 2. The topological polar surface area (TPSA) is 65.5 Å². The van der Waals surface area contributed by atoms with E-state index in [4.69, 9.17) is 9.47 Å². The molecule has 0 saturated carbocycles. The third-order valence-electron chi connectivity index (χ3n) is 3.30. The van der Waals surface area contributed by atoms with Crippen molar-refractivity contribution >= 4 is 28.8 Å². The molecule has 3 aromatic rings. The van der Waals surface area contributed by atoms with Crippen LogP contribution in [0.15, 0.2) is 53.7 Å². The van der Waals surface area contributed by atoms with E-state index in [0.29, 0.717) is 6.61 Å². The quantitative estimate of drug-likeness (QED) is 0.558. The summed E-state index contributed by atoms with van der Waals surface area (Å²) in [6.07, 6.45) is 0. The van der Waals surface area contributed by atoms with E-state index in [1.165, 1.54) is 11.8 Å². The monoisotopic (exact) mass is 329 g/mol. The lowest BCUT2D eigenvalue weighted by atomic mass is 10.2. The molecule has 6 heteroatoms. The van der Waals surface area contributed by atoms with Crippen LogP contribution in [0.4, 0.5) is 0 Å². The minimum Gasteiger partial charge on any atom is -0.497 e. The van der Waals surface area contributed by atoms with Gasteiger partial charge in [0, 0.05) is 6.07 Å². The fraction of sp³-hybridized carbons (Fsp3) is 0.176. The molecule has 5 nitrogen and oxygen atoms in total. The molecule has 0 radical (unpaired) electrons. The molecule has 0 aliphatic heterocycles. The van der Waals surface area contributed by atoms with Gasteiger partial charge in [-0.1, -0.05) is 30.3 Å². The SMILES string of the molecule is COc1ccc2[nH+]c(SCC(=O)OCc3ccccc3)[nH]c2c1. The molecule has 2 aromatic carbocycles. The smallest absolute Gasteiger partial charge is 0.316 e. The van der Waals surface area contributed by atoms with Crippen molar-refractivity contribution in [3.63, 3.8) is 0 Å². The molecule has 0 atom stereocenters. The number of ether oxygens (including phenoxy) is 2. The summed E-state index contributed by atoms with van der Waals surface area (Å²) in [5, 5.41) is 0.810. The van der Waals surface area contributed by atoms with Crippen molar-refractivity contribution in [1.82, 2.24) is 4.98 Å². The highest BCUT2D eigenvalue weighted by atomic mass is 32.2. The van der Waals surface area contributed by atoms with E-state index < -0.39 is 0 Å². The van der Waals surface area contributed by atoms with E-state index in [1.54, 1.807) is 7.11 Å². The first-order valence-corrected chi connectivity index (χ1v) is 8.14. The van der Waals surface area contributed by atoms with E-state index >= 15 is 0 Å². The van der Waals surface area contributed by atoms with Crippen LogP contribution in [0.3, 0.4) is 0 Å². The van der Waals surface area contributed by atoms with Gasteiger partial charge in [0.1, 0.15) is 18.1 Å². The highest BCUT2D eigenvalue weighted by Crippen LogP contribution is 2.20. The third-order valence-corrected chi connectivity index (χ3v) is 4.17. The first-order valence-electron chi connectivity index (χ1n) is 7.16. The molecular formula is C17H17N2O3S+. The van der Waals surface area contributed by atoms with E-state index in [9.17, 15) is 4.79 Å². The average molecular weight is 329 g/mol. The maximum absolute atomic E-state index is 11.8. The lowest BCUT2D eigenvalue weighted by molar-refractivity contribution is -0.396. The molecule has 0 fully saturated rings. The van der Waals surface area contributed by atoms with Crippen LogP contribution in [-0.4, -0.2) is 23.8 Å². The summed E-state index contributed by atoms with van der Waals surface area (Å²) in [6, 6.07) is 15.4. The molecule has 2 N–H and O–H groups in total. The van der Waals surface area contributed by atoms with Gasteiger partial charge in [-0.25, -0.2) is 9.97 Å². The second kappa shape index (κ2) is 7.19. The summed E-state index contributed by atoms with van der Waals surface area (Å²) < 4.78 is 10.4. The van der Waals surface area contributed by atoms with Crippen molar-refractivity contribution < 1.29 is 19.3 Å². The Labute approximate surface area is 138 Å².